The Bertz CT molecular complexity index is 942. The monoisotopic (exact) mass is 464 g/mol. The van der Waals surface area contributed by atoms with Gasteiger partial charge < -0.3 is 25.1 Å². The Kier molecular flexibility index (Phi) is 6.02. The second-order valence-electron chi connectivity index (χ2n) is 7.81. The summed E-state index contributed by atoms with van der Waals surface area (Å²) in [6.07, 6.45) is -5.91. The summed E-state index contributed by atoms with van der Waals surface area (Å²) in [5.74, 6) is -1.03. The predicted octanol–water partition coefficient (Wildman–Crippen LogP) is 1.69. The molecule has 1 aliphatic heterocycles. The summed E-state index contributed by atoms with van der Waals surface area (Å²) >= 11 is 0.862. The number of nitrogens with zero attached hydrogens (tertiary/aromatic N) is 5. The molecule has 1 saturated heterocycles. The van der Waals surface area contributed by atoms with Gasteiger partial charge in [-0.2, -0.15) is 13.2 Å². The van der Waals surface area contributed by atoms with Crippen LogP contribution in [0.5, 0.6) is 0 Å². The van der Waals surface area contributed by atoms with Crippen molar-refractivity contribution in [2.24, 2.45) is 0 Å². The number of ether oxygens (including phenoxy) is 3. The molecule has 14 heteroatoms. The molecule has 2 aliphatic rings. The second-order valence-corrected chi connectivity index (χ2v) is 8.87. The second kappa shape index (κ2) is 8.31. The van der Waals surface area contributed by atoms with E-state index < -0.39 is 24.5 Å². The molecule has 0 bridgehead atoms. The molecule has 3 heterocycles. The first-order chi connectivity index (χ1) is 14.6. The van der Waals surface area contributed by atoms with Crippen molar-refractivity contribution in [3.8, 4) is 0 Å². The molecule has 31 heavy (non-hydrogen) atoms. The number of aromatic nitrogens is 5. The number of nitrogen functional groups attached to an aromatic ring is 1. The van der Waals surface area contributed by atoms with E-state index in [4.69, 9.17) is 25.1 Å². The molecule has 0 radical (unpaired) electrons. The van der Waals surface area contributed by atoms with Gasteiger partial charge in [0.2, 0.25) is 0 Å². The molecule has 4 atom stereocenters. The number of alkyl halides is 3. The Labute approximate surface area is 179 Å². The van der Waals surface area contributed by atoms with Crippen LogP contribution in [0.3, 0.4) is 0 Å². The number of aliphatic hydroxyl groups excluding tert-OH is 1. The molecule has 2 aromatic rings. The van der Waals surface area contributed by atoms with Crippen molar-refractivity contribution in [3.05, 3.63) is 0 Å². The van der Waals surface area contributed by atoms with Gasteiger partial charge >= 0.3 is 6.18 Å². The molecule has 3 N–H and O–H groups in total. The lowest BCUT2D eigenvalue weighted by Crippen LogP contribution is -2.31. The normalized spacial score (nSPS) is 27.8. The Balaban J connectivity index is 1.62. The van der Waals surface area contributed by atoms with Crippen LogP contribution in [0.15, 0.2) is 5.16 Å². The highest BCUT2D eigenvalue weighted by Crippen LogP contribution is 2.45. The van der Waals surface area contributed by atoms with E-state index >= 15 is 0 Å². The molecular formula is C17H23F3N6O4S. The summed E-state index contributed by atoms with van der Waals surface area (Å²) in [5, 5.41) is 17.5. The van der Waals surface area contributed by atoms with Gasteiger partial charge in [0.15, 0.2) is 27.9 Å². The summed E-state index contributed by atoms with van der Waals surface area (Å²) in [7, 11) is 0. The van der Waals surface area contributed by atoms with Crippen molar-refractivity contribution in [1.29, 1.82) is 0 Å². The molecule has 0 unspecified atom stereocenters. The standard InChI is InChI=1S/C17H23F3N6O4S/c1-16(2)29-11-8(7-9(12(11)30-16)28-5-4-27)26-14-10(24-25-26)13(21)22-15(23-14)31-6-3-17(18,19)20/h8-9,11-12,27H,3-7H2,1-2H3,(H2,21,22,23)/t8-,9+,11+,12-/m1/s1. The van der Waals surface area contributed by atoms with Gasteiger partial charge in [0.25, 0.3) is 0 Å². The summed E-state index contributed by atoms with van der Waals surface area (Å²) in [6, 6.07) is -0.359. The smallest absolute Gasteiger partial charge is 0.389 e. The van der Waals surface area contributed by atoms with E-state index in [2.05, 4.69) is 20.3 Å². The van der Waals surface area contributed by atoms with Gasteiger partial charge in [0.1, 0.15) is 12.2 Å². The minimum Gasteiger partial charge on any atom is -0.394 e. The first-order valence-electron chi connectivity index (χ1n) is 9.74. The van der Waals surface area contributed by atoms with Crippen molar-refractivity contribution in [1.82, 2.24) is 25.0 Å². The van der Waals surface area contributed by atoms with E-state index in [0.29, 0.717) is 12.1 Å². The van der Waals surface area contributed by atoms with Gasteiger partial charge in [0, 0.05) is 12.2 Å². The number of fused-ring (bicyclic) bond motifs is 2. The maximum atomic E-state index is 12.5. The van der Waals surface area contributed by atoms with E-state index in [1.807, 2.05) is 0 Å². The lowest BCUT2D eigenvalue weighted by Gasteiger charge is -2.23. The first kappa shape index (κ1) is 22.5. The van der Waals surface area contributed by atoms with Crippen LogP contribution in [0.1, 0.15) is 32.7 Å². The van der Waals surface area contributed by atoms with Gasteiger partial charge in [-0.3, -0.25) is 0 Å². The Morgan fingerprint density at radius 3 is 2.74 bits per heavy atom. The molecule has 172 valence electrons. The molecule has 0 aromatic carbocycles. The average molecular weight is 464 g/mol. The lowest BCUT2D eigenvalue weighted by molar-refractivity contribution is -0.171. The van der Waals surface area contributed by atoms with E-state index in [-0.39, 0.29) is 53.7 Å². The zero-order valence-electron chi connectivity index (χ0n) is 16.9. The van der Waals surface area contributed by atoms with Gasteiger partial charge in [0.05, 0.1) is 31.8 Å². The van der Waals surface area contributed by atoms with Crippen LogP contribution in [0.4, 0.5) is 19.0 Å². The maximum Gasteiger partial charge on any atom is 0.389 e. The van der Waals surface area contributed by atoms with Crippen molar-refractivity contribution in [2.45, 2.75) is 68.2 Å². The van der Waals surface area contributed by atoms with Crippen LogP contribution >= 0.6 is 11.8 Å². The topological polar surface area (TPSA) is 130 Å². The van der Waals surface area contributed by atoms with Crippen molar-refractivity contribution in [3.63, 3.8) is 0 Å². The Morgan fingerprint density at radius 2 is 2.03 bits per heavy atom. The summed E-state index contributed by atoms with van der Waals surface area (Å²) in [4.78, 5) is 8.41. The molecule has 2 aromatic heterocycles. The van der Waals surface area contributed by atoms with Crippen molar-refractivity contribution < 1.29 is 32.5 Å². The van der Waals surface area contributed by atoms with Crippen molar-refractivity contribution >= 4 is 28.7 Å². The molecule has 1 aliphatic carbocycles. The highest BCUT2D eigenvalue weighted by atomic mass is 32.2. The number of anilines is 1. The predicted molar refractivity (Wildman–Crippen MR) is 103 cm³/mol. The molecule has 4 rings (SSSR count). The van der Waals surface area contributed by atoms with Crippen LogP contribution in [0, 0.1) is 0 Å². The molecular weight excluding hydrogens is 441 g/mol. The fourth-order valence-electron chi connectivity index (χ4n) is 3.89. The molecule has 10 nitrogen and oxygen atoms in total. The van der Waals surface area contributed by atoms with Crippen LogP contribution in [-0.2, 0) is 14.2 Å². The third-order valence-electron chi connectivity index (χ3n) is 5.07. The van der Waals surface area contributed by atoms with Crippen LogP contribution < -0.4 is 5.73 Å². The maximum absolute atomic E-state index is 12.5. The molecule has 0 amide bonds. The van der Waals surface area contributed by atoms with E-state index in [9.17, 15) is 13.2 Å². The van der Waals surface area contributed by atoms with Crippen LogP contribution in [0.25, 0.3) is 11.2 Å². The highest BCUT2D eigenvalue weighted by Gasteiger charge is 2.56. The van der Waals surface area contributed by atoms with Crippen molar-refractivity contribution in [2.75, 3.05) is 24.7 Å². The SMILES string of the molecule is CC1(C)O[C@@H]2[C@H](O1)[C@@H](OCCO)C[C@H]2n1nnc2c(N)nc(SCCC(F)(F)F)nc21. The summed E-state index contributed by atoms with van der Waals surface area (Å²) in [6.45, 7) is 3.61. The number of rotatable bonds is 7. The van der Waals surface area contributed by atoms with E-state index in [1.165, 1.54) is 0 Å². The van der Waals surface area contributed by atoms with Gasteiger partial charge in [-0.05, 0) is 13.8 Å². The number of nitrogens with two attached hydrogens (primary N) is 1. The van der Waals surface area contributed by atoms with Gasteiger partial charge in [-0.15, -0.1) is 5.10 Å². The molecule has 2 fully saturated rings. The highest BCUT2D eigenvalue weighted by molar-refractivity contribution is 7.99. The zero-order valence-corrected chi connectivity index (χ0v) is 17.7. The fourth-order valence-corrected chi connectivity index (χ4v) is 4.72. The first-order valence-corrected chi connectivity index (χ1v) is 10.7. The van der Waals surface area contributed by atoms with E-state index in [1.54, 1.807) is 18.5 Å². The Morgan fingerprint density at radius 1 is 1.29 bits per heavy atom. The average Bonchev–Trinajstić information content (AvgIpc) is 3.30. The third kappa shape index (κ3) is 4.72. The number of aliphatic hydroxyl groups is 1. The quantitative estimate of drug-likeness (QED) is 0.461. The number of halogens is 3. The number of hydrogen-bond acceptors (Lipinski definition) is 10. The largest absolute Gasteiger partial charge is 0.394 e. The minimum atomic E-state index is -4.26. The number of thioether (sulfide) groups is 1. The summed E-state index contributed by atoms with van der Waals surface area (Å²) in [5.41, 5.74) is 6.52. The minimum absolute atomic E-state index is 0.0392. The lowest BCUT2D eigenvalue weighted by atomic mass is 10.2. The Hall–Kier alpha value is -1.74. The fraction of sp³-hybridized carbons (Fsp3) is 0.765. The summed E-state index contributed by atoms with van der Waals surface area (Å²) < 4.78 is 56.8. The van der Waals surface area contributed by atoms with Crippen LogP contribution in [-0.4, -0.2) is 79.3 Å². The molecule has 1 saturated carbocycles. The number of hydrogen-bond donors (Lipinski definition) is 2. The third-order valence-corrected chi connectivity index (χ3v) is 5.92. The van der Waals surface area contributed by atoms with Gasteiger partial charge in [-0.25, -0.2) is 14.6 Å². The van der Waals surface area contributed by atoms with Crippen LogP contribution in [0.2, 0.25) is 0 Å². The van der Waals surface area contributed by atoms with E-state index in [0.717, 1.165) is 11.8 Å². The molecule has 0 spiro atoms. The zero-order chi connectivity index (χ0) is 22.4. The van der Waals surface area contributed by atoms with Gasteiger partial charge in [-0.1, -0.05) is 17.0 Å².